The van der Waals surface area contributed by atoms with E-state index in [1.54, 1.807) is 18.2 Å². The number of imidazole rings is 1. The molecule has 2 N–H and O–H groups in total. The van der Waals surface area contributed by atoms with E-state index in [0.717, 1.165) is 11.0 Å². The van der Waals surface area contributed by atoms with Crippen molar-refractivity contribution in [2.45, 2.75) is 5.16 Å². The van der Waals surface area contributed by atoms with Gasteiger partial charge in [0.25, 0.3) is 0 Å². The van der Waals surface area contributed by atoms with E-state index in [1.807, 2.05) is 0 Å². The van der Waals surface area contributed by atoms with E-state index >= 15 is 0 Å². The van der Waals surface area contributed by atoms with Crippen LogP contribution in [0, 0.1) is 0 Å². The standard InChI is InChI=1S/C9H9FN2OS/c10-3-4-14-9-11-7-2-1-6(13)5-8(7)12-9/h1-2,5,13H,3-4H2,(H,11,12). The first-order valence-corrected chi connectivity index (χ1v) is 5.15. The molecule has 0 saturated heterocycles. The van der Waals surface area contributed by atoms with Crippen molar-refractivity contribution < 1.29 is 9.50 Å². The van der Waals surface area contributed by atoms with Crippen molar-refractivity contribution in [3.63, 3.8) is 0 Å². The highest BCUT2D eigenvalue weighted by Crippen LogP contribution is 2.22. The Morgan fingerprint density at radius 1 is 1.50 bits per heavy atom. The van der Waals surface area contributed by atoms with Crippen molar-refractivity contribution >= 4 is 22.8 Å². The molecule has 2 rings (SSSR count). The highest BCUT2D eigenvalue weighted by Gasteiger charge is 2.03. The minimum atomic E-state index is -0.368. The zero-order valence-corrected chi connectivity index (χ0v) is 8.14. The predicted octanol–water partition coefficient (Wildman–Crippen LogP) is 2.33. The van der Waals surface area contributed by atoms with Crippen molar-refractivity contribution in [2.75, 3.05) is 12.4 Å². The number of hydrogen-bond donors (Lipinski definition) is 2. The number of rotatable bonds is 3. The number of fused-ring (bicyclic) bond motifs is 1. The molecule has 0 unspecified atom stereocenters. The van der Waals surface area contributed by atoms with E-state index < -0.39 is 0 Å². The van der Waals surface area contributed by atoms with Crippen molar-refractivity contribution in [1.29, 1.82) is 0 Å². The quantitative estimate of drug-likeness (QED) is 0.768. The van der Waals surface area contributed by atoms with Gasteiger partial charge in [0, 0.05) is 11.8 Å². The molecule has 0 bridgehead atoms. The van der Waals surface area contributed by atoms with Gasteiger partial charge in [-0.05, 0) is 12.1 Å². The van der Waals surface area contributed by atoms with E-state index in [-0.39, 0.29) is 12.4 Å². The lowest BCUT2D eigenvalue weighted by Gasteiger charge is -1.89. The number of halogens is 1. The van der Waals surface area contributed by atoms with Crippen LogP contribution >= 0.6 is 11.8 Å². The third-order valence-electron chi connectivity index (χ3n) is 1.76. The molecule has 0 atom stereocenters. The van der Waals surface area contributed by atoms with Crippen LogP contribution in [0.1, 0.15) is 0 Å². The van der Waals surface area contributed by atoms with E-state index in [1.165, 1.54) is 11.8 Å². The fourth-order valence-electron chi connectivity index (χ4n) is 1.18. The molecule has 0 spiro atoms. The number of phenolic OH excluding ortho intramolecular Hbond substituents is 1. The van der Waals surface area contributed by atoms with Gasteiger partial charge in [0.2, 0.25) is 0 Å². The molecular weight excluding hydrogens is 203 g/mol. The molecule has 1 heterocycles. The van der Waals surface area contributed by atoms with Crippen LogP contribution in [0.4, 0.5) is 4.39 Å². The number of alkyl halides is 1. The van der Waals surface area contributed by atoms with Gasteiger partial charge in [-0.25, -0.2) is 4.98 Å². The number of aromatic amines is 1. The SMILES string of the molecule is Oc1ccc2nc(SCCF)[nH]c2c1. The first-order chi connectivity index (χ1) is 6.79. The molecule has 14 heavy (non-hydrogen) atoms. The fraction of sp³-hybridized carbons (Fsp3) is 0.222. The summed E-state index contributed by atoms with van der Waals surface area (Å²) in [6.07, 6.45) is 0. The second-order valence-corrected chi connectivity index (χ2v) is 3.86. The Hall–Kier alpha value is -1.23. The molecule has 2 aromatic rings. The normalized spacial score (nSPS) is 10.9. The zero-order valence-electron chi connectivity index (χ0n) is 7.33. The van der Waals surface area contributed by atoms with Gasteiger partial charge in [-0.3, -0.25) is 4.39 Å². The molecule has 74 valence electrons. The summed E-state index contributed by atoms with van der Waals surface area (Å²) >= 11 is 1.33. The number of aromatic hydroxyl groups is 1. The topological polar surface area (TPSA) is 48.9 Å². The van der Waals surface area contributed by atoms with Gasteiger partial charge in [-0.1, -0.05) is 11.8 Å². The summed E-state index contributed by atoms with van der Waals surface area (Å²) in [4.78, 5) is 7.22. The van der Waals surface area contributed by atoms with Crippen LogP contribution in [0.3, 0.4) is 0 Å². The third-order valence-corrected chi connectivity index (χ3v) is 2.58. The molecule has 5 heteroatoms. The van der Waals surface area contributed by atoms with Crippen molar-refractivity contribution in [1.82, 2.24) is 9.97 Å². The lowest BCUT2D eigenvalue weighted by Crippen LogP contribution is -1.81. The third kappa shape index (κ3) is 1.82. The van der Waals surface area contributed by atoms with E-state index in [9.17, 15) is 9.50 Å². The number of phenols is 1. The summed E-state index contributed by atoms with van der Waals surface area (Å²) in [6, 6.07) is 4.90. The van der Waals surface area contributed by atoms with Gasteiger partial charge in [-0.2, -0.15) is 0 Å². The first-order valence-electron chi connectivity index (χ1n) is 4.17. The second-order valence-electron chi connectivity index (χ2n) is 2.78. The van der Waals surface area contributed by atoms with E-state index in [2.05, 4.69) is 9.97 Å². The maximum Gasteiger partial charge on any atom is 0.166 e. The second kappa shape index (κ2) is 3.88. The number of aromatic nitrogens is 2. The van der Waals surface area contributed by atoms with Crippen molar-refractivity contribution in [3.8, 4) is 5.75 Å². The number of thioether (sulfide) groups is 1. The summed E-state index contributed by atoms with van der Waals surface area (Å²) in [6.45, 7) is -0.368. The van der Waals surface area contributed by atoms with Gasteiger partial charge >= 0.3 is 0 Å². The largest absolute Gasteiger partial charge is 0.508 e. The number of nitrogens with one attached hydrogen (secondary N) is 1. The monoisotopic (exact) mass is 212 g/mol. The van der Waals surface area contributed by atoms with Gasteiger partial charge in [-0.15, -0.1) is 0 Å². The zero-order chi connectivity index (χ0) is 9.97. The number of nitrogens with zero attached hydrogens (tertiary/aromatic N) is 1. The number of benzene rings is 1. The average Bonchev–Trinajstić information content (AvgIpc) is 2.56. The molecule has 0 radical (unpaired) electrons. The Morgan fingerprint density at radius 3 is 3.14 bits per heavy atom. The number of hydrogen-bond acceptors (Lipinski definition) is 3. The maximum absolute atomic E-state index is 11.9. The van der Waals surface area contributed by atoms with Crippen LogP contribution in [0.5, 0.6) is 5.75 Å². The van der Waals surface area contributed by atoms with E-state index in [0.29, 0.717) is 10.9 Å². The smallest absolute Gasteiger partial charge is 0.166 e. The highest BCUT2D eigenvalue weighted by molar-refractivity contribution is 7.99. The molecule has 0 aliphatic rings. The van der Waals surface area contributed by atoms with Crippen molar-refractivity contribution in [2.24, 2.45) is 0 Å². The van der Waals surface area contributed by atoms with E-state index in [4.69, 9.17) is 0 Å². The Kier molecular flexibility index (Phi) is 2.58. The fourth-order valence-corrected chi connectivity index (χ4v) is 1.79. The van der Waals surface area contributed by atoms with Gasteiger partial charge < -0.3 is 10.1 Å². The minimum absolute atomic E-state index is 0.197. The lowest BCUT2D eigenvalue weighted by molar-refractivity contribution is 0.476. The average molecular weight is 212 g/mol. The first kappa shape index (κ1) is 9.33. The molecule has 0 fully saturated rings. The summed E-state index contributed by atoms with van der Waals surface area (Å²) in [5, 5.41) is 9.88. The predicted molar refractivity (Wildman–Crippen MR) is 54.5 cm³/mol. The summed E-state index contributed by atoms with van der Waals surface area (Å²) in [5.74, 6) is 0.592. The molecule has 0 saturated carbocycles. The summed E-state index contributed by atoms with van der Waals surface area (Å²) in [7, 11) is 0. The molecule has 0 aliphatic carbocycles. The molecule has 1 aromatic carbocycles. The number of H-pyrrole nitrogens is 1. The summed E-state index contributed by atoms with van der Waals surface area (Å²) < 4.78 is 11.9. The van der Waals surface area contributed by atoms with Gasteiger partial charge in [0.05, 0.1) is 17.7 Å². The van der Waals surface area contributed by atoms with Crippen LogP contribution in [0.2, 0.25) is 0 Å². The van der Waals surface area contributed by atoms with Gasteiger partial charge in [0.15, 0.2) is 5.16 Å². The maximum atomic E-state index is 11.9. The molecule has 1 aromatic heterocycles. The Balaban J connectivity index is 2.32. The minimum Gasteiger partial charge on any atom is -0.508 e. The van der Waals surface area contributed by atoms with Crippen LogP contribution < -0.4 is 0 Å². The summed E-state index contributed by atoms with van der Waals surface area (Å²) in [5.41, 5.74) is 1.55. The Labute approximate surface area is 84.4 Å². The Bertz CT molecular complexity index is 443. The van der Waals surface area contributed by atoms with Gasteiger partial charge in [0.1, 0.15) is 5.75 Å². The van der Waals surface area contributed by atoms with Crippen LogP contribution in [0.15, 0.2) is 23.4 Å². The molecular formula is C9H9FN2OS. The van der Waals surface area contributed by atoms with Crippen LogP contribution in [-0.2, 0) is 0 Å². The van der Waals surface area contributed by atoms with Crippen molar-refractivity contribution in [3.05, 3.63) is 18.2 Å². The lowest BCUT2D eigenvalue weighted by atomic mass is 10.3. The molecule has 3 nitrogen and oxygen atoms in total. The Morgan fingerprint density at radius 2 is 2.36 bits per heavy atom. The molecule has 0 amide bonds. The molecule has 0 aliphatic heterocycles. The highest BCUT2D eigenvalue weighted by atomic mass is 32.2. The van der Waals surface area contributed by atoms with Crippen LogP contribution in [-0.4, -0.2) is 27.5 Å². The van der Waals surface area contributed by atoms with Crippen LogP contribution in [0.25, 0.3) is 11.0 Å².